The Labute approximate surface area is 171 Å². The summed E-state index contributed by atoms with van der Waals surface area (Å²) in [6.07, 6.45) is 1.84. The number of sulfonamides is 1. The van der Waals surface area contributed by atoms with Gasteiger partial charge >= 0.3 is 5.97 Å². The van der Waals surface area contributed by atoms with Gasteiger partial charge in [0.2, 0.25) is 10.0 Å². The standard InChI is InChI=1S/C20H28N2O6S/c1-14-10-15(2)12-22(11-14)29(25,26)17-7-5-16(6-8-17)21-19(23)13-28-20(24)18-4-3-9-27-18/h5-8,14-15,18H,3-4,9-13H2,1-2H3,(H,21,23)/t14-,15+,18-/m0/s1. The maximum absolute atomic E-state index is 12.9. The van der Waals surface area contributed by atoms with Crippen LogP contribution in [0.25, 0.3) is 0 Å². The number of nitrogens with one attached hydrogen (secondary N) is 1. The summed E-state index contributed by atoms with van der Waals surface area (Å²) in [5.41, 5.74) is 0.433. The number of hydrogen-bond donors (Lipinski definition) is 1. The predicted molar refractivity (Wildman–Crippen MR) is 107 cm³/mol. The van der Waals surface area contributed by atoms with Gasteiger partial charge in [0.05, 0.1) is 4.90 Å². The van der Waals surface area contributed by atoms with Crippen LogP contribution in [0.4, 0.5) is 5.69 Å². The van der Waals surface area contributed by atoms with E-state index >= 15 is 0 Å². The molecule has 0 aliphatic carbocycles. The molecule has 2 fully saturated rings. The summed E-state index contributed by atoms with van der Waals surface area (Å²) in [7, 11) is -3.57. The van der Waals surface area contributed by atoms with Crippen LogP contribution in [0.15, 0.2) is 29.2 Å². The fourth-order valence-electron chi connectivity index (χ4n) is 3.85. The molecule has 3 rings (SSSR count). The summed E-state index contributed by atoms with van der Waals surface area (Å²) in [4.78, 5) is 23.9. The molecule has 0 aromatic heterocycles. The summed E-state index contributed by atoms with van der Waals surface area (Å²) >= 11 is 0. The summed E-state index contributed by atoms with van der Waals surface area (Å²) in [5, 5.41) is 2.59. The zero-order valence-electron chi connectivity index (χ0n) is 16.8. The Morgan fingerprint density at radius 2 is 1.83 bits per heavy atom. The molecule has 1 N–H and O–H groups in total. The first-order valence-corrected chi connectivity index (χ1v) is 11.4. The number of carbonyl (C=O) groups is 2. The minimum atomic E-state index is -3.57. The second-order valence-electron chi connectivity index (χ2n) is 7.95. The van der Waals surface area contributed by atoms with Gasteiger partial charge in [0.25, 0.3) is 5.91 Å². The van der Waals surface area contributed by atoms with E-state index in [9.17, 15) is 18.0 Å². The van der Waals surface area contributed by atoms with Crippen molar-refractivity contribution in [2.24, 2.45) is 11.8 Å². The Hall–Kier alpha value is -1.97. The topological polar surface area (TPSA) is 102 Å². The molecule has 2 aliphatic rings. The highest BCUT2D eigenvalue weighted by Crippen LogP contribution is 2.27. The number of nitrogens with zero attached hydrogens (tertiary/aromatic N) is 1. The van der Waals surface area contributed by atoms with Crippen LogP contribution >= 0.6 is 0 Å². The molecule has 1 aromatic carbocycles. The lowest BCUT2D eigenvalue weighted by atomic mass is 9.94. The van der Waals surface area contributed by atoms with Gasteiger partial charge in [0.15, 0.2) is 12.7 Å². The fourth-order valence-corrected chi connectivity index (χ4v) is 5.53. The van der Waals surface area contributed by atoms with Gasteiger partial charge in [-0.2, -0.15) is 4.31 Å². The van der Waals surface area contributed by atoms with E-state index in [1.165, 1.54) is 28.6 Å². The van der Waals surface area contributed by atoms with Gasteiger partial charge in [-0.15, -0.1) is 0 Å². The van der Waals surface area contributed by atoms with Crippen LogP contribution < -0.4 is 5.32 Å². The third kappa shape index (κ3) is 5.55. The molecule has 8 nitrogen and oxygen atoms in total. The molecule has 0 bridgehead atoms. The van der Waals surface area contributed by atoms with Crippen molar-refractivity contribution < 1.29 is 27.5 Å². The quantitative estimate of drug-likeness (QED) is 0.701. The number of esters is 1. The lowest BCUT2D eigenvalue weighted by Crippen LogP contribution is -2.42. The van der Waals surface area contributed by atoms with Gasteiger partial charge < -0.3 is 14.8 Å². The molecule has 0 unspecified atom stereocenters. The minimum Gasteiger partial charge on any atom is -0.454 e. The molecular formula is C20H28N2O6S. The number of amides is 1. The van der Waals surface area contributed by atoms with Crippen molar-refractivity contribution in [3.05, 3.63) is 24.3 Å². The SMILES string of the molecule is C[C@@H]1C[C@H](C)CN(S(=O)(=O)c2ccc(NC(=O)COC(=O)[C@@H]3CCCO3)cc2)C1. The monoisotopic (exact) mass is 424 g/mol. The molecule has 3 atom stereocenters. The third-order valence-electron chi connectivity index (χ3n) is 5.15. The Kier molecular flexibility index (Phi) is 6.92. The van der Waals surface area contributed by atoms with Crippen LogP contribution in [-0.2, 0) is 29.1 Å². The van der Waals surface area contributed by atoms with Crippen molar-refractivity contribution in [3.8, 4) is 0 Å². The molecule has 9 heteroatoms. The van der Waals surface area contributed by atoms with Gasteiger partial charge in [-0.05, 0) is 55.4 Å². The average Bonchev–Trinajstić information content (AvgIpc) is 3.21. The average molecular weight is 425 g/mol. The van der Waals surface area contributed by atoms with Gasteiger partial charge in [0, 0.05) is 25.4 Å². The first-order valence-electron chi connectivity index (χ1n) is 9.94. The first-order chi connectivity index (χ1) is 13.8. The van der Waals surface area contributed by atoms with Crippen LogP contribution in [0, 0.1) is 11.8 Å². The normalized spacial score (nSPS) is 25.5. The van der Waals surface area contributed by atoms with Gasteiger partial charge in [-0.1, -0.05) is 13.8 Å². The molecule has 160 valence electrons. The van der Waals surface area contributed by atoms with E-state index in [0.717, 1.165) is 12.8 Å². The highest BCUT2D eigenvalue weighted by molar-refractivity contribution is 7.89. The van der Waals surface area contributed by atoms with Crippen molar-refractivity contribution in [2.45, 2.75) is 44.1 Å². The maximum Gasteiger partial charge on any atom is 0.335 e. The Morgan fingerprint density at radius 3 is 2.41 bits per heavy atom. The number of anilines is 1. The van der Waals surface area contributed by atoms with E-state index in [0.29, 0.717) is 43.6 Å². The Balaban J connectivity index is 1.55. The lowest BCUT2D eigenvalue weighted by molar-refractivity contribution is -0.156. The number of rotatable bonds is 6. The highest BCUT2D eigenvalue weighted by atomic mass is 32.2. The zero-order valence-corrected chi connectivity index (χ0v) is 17.6. The smallest absolute Gasteiger partial charge is 0.335 e. The van der Waals surface area contributed by atoms with E-state index in [1.54, 1.807) is 0 Å². The number of ether oxygens (including phenoxy) is 2. The summed E-state index contributed by atoms with van der Waals surface area (Å²) in [6, 6.07) is 6.02. The van der Waals surface area contributed by atoms with Crippen molar-refractivity contribution in [2.75, 3.05) is 31.6 Å². The van der Waals surface area contributed by atoms with Crippen molar-refractivity contribution in [1.29, 1.82) is 0 Å². The van der Waals surface area contributed by atoms with E-state index in [1.807, 2.05) is 0 Å². The van der Waals surface area contributed by atoms with Gasteiger partial charge in [0.1, 0.15) is 0 Å². The molecule has 1 aromatic rings. The molecule has 0 spiro atoms. The predicted octanol–water partition coefficient (Wildman–Crippen LogP) is 2.01. The number of benzene rings is 1. The Morgan fingerprint density at radius 1 is 1.17 bits per heavy atom. The summed E-state index contributed by atoms with van der Waals surface area (Å²) < 4.78 is 37.5. The molecule has 2 aliphatic heterocycles. The van der Waals surface area contributed by atoms with E-state index in [-0.39, 0.29) is 4.90 Å². The van der Waals surface area contributed by atoms with Gasteiger partial charge in [-0.3, -0.25) is 4.79 Å². The first kappa shape index (κ1) is 21.7. The highest BCUT2D eigenvalue weighted by Gasteiger charge is 2.31. The van der Waals surface area contributed by atoms with E-state index in [4.69, 9.17) is 9.47 Å². The molecule has 0 saturated carbocycles. The molecular weight excluding hydrogens is 396 g/mol. The third-order valence-corrected chi connectivity index (χ3v) is 7.00. The minimum absolute atomic E-state index is 0.196. The lowest BCUT2D eigenvalue weighted by Gasteiger charge is -2.34. The summed E-state index contributed by atoms with van der Waals surface area (Å²) in [6.45, 7) is 5.26. The second kappa shape index (κ2) is 9.23. The fraction of sp³-hybridized carbons (Fsp3) is 0.600. The number of carbonyl (C=O) groups excluding carboxylic acids is 2. The maximum atomic E-state index is 12.9. The van der Waals surface area contributed by atoms with E-state index < -0.39 is 34.6 Å². The van der Waals surface area contributed by atoms with Crippen LogP contribution in [-0.4, -0.2) is 57.0 Å². The largest absolute Gasteiger partial charge is 0.454 e. The van der Waals surface area contributed by atoms with Gasteiger partial charge in [-0.25, -0.2) is 13.2 Å². The molecule has 1 amide bonds. The second-order valence-corrected chi connectivity index (χ2v) is 9.89. The Bertz CT molecular complexity index is 823. The van der Waals surface area contributed by atoms with Crippen LogP contribution in [0.1, 0.15) is 33.1 Å². The number of piperidine rings is 1. The molecule has 0 radical (unpaired) electrons. The van der Waals surface area contributed by atoms with Crippen molar-refractivity contribution in [3.63, 3.8) is 0 Å². The zero-order chi connectivity index (χ0) is 21.0. The van der Waals surface area contributed by atoms with Crippen molar-refractivity contribution >= 4 is 27.6 Å². The van der Waals surface area contributed by atoms with Crippen molar-refractivity contribution in [1.82, 2.24) is 4.31 Å². The molecule has 2 heterocycles. The number of hydrogen-bond acceptors (Lipinski definition) is 6. The summed E-state index contributed by atoms with van der Waals surface area (Å²) in [5.74, 6) is -0.386. The van der Waals surface area contributed by atoms with E-state index in [2.05, 4.69) is 19.2 Å². The van der Waals surface area contributed by atoms with Crippen LogP contribution in [0.5, 0.6) is 0 Å². The molecule has 2 saturated heterocycles. The van der Waals surface area contributed by atoms with Crippen LogP contribution in [0.2, 0.25) is 0 Å². The van der Waals surface area contributed by atoms with Crippen LogP contribution in [0.3, 0.4) is 0 Å². The molecule has 29 heavy (non-hydrogen) atoms.